The quantitative estimate of drug-likeness (QED) is 0.623. The fraction of sp³-hybridized carbons (Fsp3) is 0.100. The minimum atomic E-state index is -0.830. The van der Waals surface area contributed by atoms with Gasteiger partial charge in [0.05, 0.1) is 20.9 Å². The van der Waals surface area contributed by atoms with Crippen molar-refractivity contribution >= 4 is 17.4 Å². The van der Waals surface area contributed by atoms with Gasteiger partial charge in [-0.1, -0.05) is 17.8 Å². The van der Waals surface area contributed by atoms with Gasteiger partial charge in [-0.25, -0.2) is 0 Å². The Morgan fingerprint density at radius 2 is 2.29 bits per heavy atom. The van der Waals surface area contributed by atoms with Crippen molar-refractivity contribution in [2.45, 2.75) is 9.79 Å². The molecule has 7 heteroatoms. The van der Waals surface area contributed by atoms with E-state index in [9.17, 15) is 14.5 Å². The van der Waals surface area contributed by atoms with E-state index in [1.54, 1.807) is 24.1 Å². The van der Waals surface area contributed by atoms with E-state index in [0.717, 1.165) is 22.7 Å². The van der Waals surface area contributed by atoms with E-state index in [-0.39, 0.29) is 4.90 Å². The molecule has 0 spiro atoms. The number of hydrogen-bond donors (Lipinski definition) is 0. The Labute approximate surface area is 100 Å². The highest BCUT2D eigenvalue weighted by Crippen LogP contribution is 2.35. The number of hydrogen-bond acceptors (Lipinski definition) is 4. The van der Waals surface area contributed by atoms with Crippen molar-refractivity contribution in [2.75, 3.05) is 0 Å². The molecule has 0 saturated heterocycles. The van der Waals surface area contributed by atoms with Crippen LogP contribution in [-0.4, -0.2) is 14.7 Å². The molecule has 2 aromatic rings. The summed E-state index contributed by atoms with van der Waals surface area (Å²) in [6.07, 6.45) is 3.28. The molecule has 0 atom stereocenters. The molecule has 0 amide bonds. The van der Waals surface area contributed by atoms with Crippen molar-refractivity contribution in [3.8, 4) is 0 Å². The SMILES string of the molecule is Cn1cc(Sc2cccc(F)c2[N+](=O)[O-])cn1. The van der Waals surface area contributed by atoms with Gasteiger partial charge in [-0.3, -0.25) is 14.8 Å². The van der Waals surface area contributed by atoms with Crippen LogP contribution in [0.1, 0.15) is 0 Å². The molecule has 5 nitrogen and oxygen atoms in total. The molecule has 88 valence electrons. The van der Waals surface area contributed by atoms with Crippen LogP contribution in [0.4, 0.5) is 10.1 Å². The summed E-state index contributed by atoms with van der Waals surface area (Å²) in [6.45, 7) is 0. The molecule has 1 heterocycles. The zero-order valence-electron chi connectivity index (χ0n) is 8.83. The van der Waals surface area contributed by atoms with Gasteiger partial charge < -0.3 is 0 Å². The van der Waals surface area contributed by atoms with E-state index < -0.39 is 16.4 Å². The van der Waals surface area contributed by atoms with Crippen LogP contribution in [0.3, 0.4) is 0 Å². The average molecular weight is 253 g/mol. The van der Waals surface area contributed by atoms with Crippen molar-refractivity contribution in [3.05, 3.63) is 46.5 Å². The van der Waals surface area contributed by atoms with Crippen molar-refractivity contribution in [1.82, 2.24) is 9.78 Å². The van der Waals surface area contributed by atoms with Crippen molar-refractivity contribution in [1.29, 1.82) is 0 Å². The van der Waals surface area contributed by atoms with Gasteiger partial charge in [0.1, 0.15) is 0 Å². The van der Waals surface area contributed by atoms with Crippen LogP contribution in [0, 0.1) is 15.9 Å². The van der Waals surface area contributed by atoms with Crippen LogP contribution in [-0.2, 0) is 7.05 Å². The molecule has 2 rings (SSSR count). The molecule has 17 heavy (non-hydrogen) atoms. The van der Waals surface area contributed by atoms with Crippen LogP contribution >= 0.6 is 11.8 Å². The minimum Gasteiger partial charge on any atom is -0.275 e. The second-order valence-corrected chi connectivity index (χ2v) is 4.41. The monoisotopic (exact) mass is 253 g/mol. The maximum absolute atomic E-state index is 13.3. The first-order valence-corrected chi connectivity index (χ1v) is 5.49. The zero-order valence-corrected chi connectivity index (χ0v) is 9.65. The third-order valence-corrected chi connectivity index (χ3v) is 3.04. The summed E-state index contributed by atoms with van der Waals surface area (Å²) in [7, 11) is 1.74. The third kappa shape index (κ3) is 2.44. The molecule has 0 radical (unpaired) electrons. The van der Waals surface area contributed by atoms with Gasteiger partial charge in [0.2, 0.25) is 5.82 Å². The summed E-state index contributed by atoms with van der Waals surface area (Å²) in [5.41, 5.74) is -0.499. The maximum atomic E-state index is 13.3. The summed E-state index contributed by atoms with van der Waals surface area (Å²) >= 11 is 1.11. The van der Waals surface area contributed by atoms with Gasteiger partial charge in [-0.15, -0.1) is 0 Å². The predicted molar refractivity (Wildman–Crippen MR) is 60.4 cm³/mol. The molecule has 1 aromatic carbocycles. The molecule has 0 saturated carbocycles. The third-order valence-electron chi connectivity index (χ3n) is 2.04. The molecule has 0 fully saturated rings. The molecule has 0 aliphatic rings. The summed E-state index contributed by atoms with van der Waals surface area (Å²) in [4.78, 5) is 11.0. The Kier molecular flexibility index (Phi) is 3.10. The lowest BCUT2D eigenvalue weighted by Gasteiger charge is -2.01. The van der Waals surface area contributed by atoms with E-state index in [4.69, 9.17) is 0 Å². The fourth-order valence-corrected chi connectivity index (χ4v) is 2.31. The molecule has 0 N–H and O–H groups in total. The Balaban J connectivity index is 2.39. The van der Waals surface area contributed by atoms with Gasteiger partial charge >= 0.3 is 5.69 Å². The highest BCUT2D eigenvalue weighted by Gasteiger charge is 2.20. The highest BCUT2D eigenvalue weighted by molar-refractivity contribution is 7.99. The number of aromatic nitrogens is 2. The summed E-state index contributed by atoms with van der Waals surface area (Å²) in [5.74, 6) is -0.830. The second kappa shape index (κ2) is 4.54. The number of aryl methyl sites for hydroxylation is 1. The molecule has 0 unspecified atom stereocenters. The molecule has 0 aliphatic carbocycles. The Hall–Kier alpha value is -1.89. The summed E-state index contributed by atoms with van der Waals surface area (Å²) in [6, 6.07) is 4.03. The largest absolute Gasteiger partial charge is 0.318 e. The summed E-state index contributed by atoms with van der Waals surface area (Å²) < 4.78 is 14.9. The number of rotatable bonds is 3. The lowest BCUT2D eigenvalue weighted by molar-refractivity contribution is -0.390. The zero-order chi connectivity index (χ0) is 12.4. The van der Waals surface area contributed by atoms with Crippen molar-refractivity contribution in [2.24, 2.45) is 7.05 Å². The Morgan fingerprint density at radius 3 is 2.88 bits per heavy atom. The van der Waals surface area contributed by atoms with E-state index in [0.29, 0.717) is 0 Å². The molecule has 0 aliphatic heterocycles. The minimum absolute atomic E-state index is 0.267. The lowest BCUT2D eigenvalue weighted by Crippen LogP contribution is -1.94. The first kappa shape index (κ1) is 11.6. The van der Waals surface area contributed by atoms with Crippen LogP contribution in [0.15, 0.2) is 40.4 Å². The van der Waals surface area contributed by atoms with Gasteiger partial charge in [-0.05, 0) is 12.1 Å². The smallest absolute Gasteiger partial charge is 0.275 e. The van der Waals surface area contributed by atoms with Crippen LogP contribution in [0.25, 0.3) is 0 Å². The maximum Gasteiger partial charge on any atom is 0.318 e. The van der Waals surface area contributed by atoms with E-state index in [1.165, 1.54) is 12.1 Å². The number of nitro benzene ring substituents is 1. The van der Waals surface area contributed by atoms with E-state index in [2.05, 4.69) is 5.10 Å². The number of benzene rings is 1. The topological polar surface area (TPSA) is 61.0 Å². The van der Waals surface area contributed by atoms with Gasteiger partial charge in [-0.2, -0.15) is 9.49 Å². The first-order chi connectivity index (χ1) is 8.08. The summed E-state index contributed by atoms with van der Waals surface area (Å²) in [5, 5.41) is 14.7. The van der Waals surface area contributed by atoms with Crippen molar-refractivity contribution < 1.29 is 9.31 Å². The Bertz CT molecular complexity index is 570. The predicted octanol–water partition coefficient (Wildman–Crippen LogP) is 2.62. The van der Waals surface area contributed by atoms with E-state index in [1.807, 2.05) is 0 Å². The number of para-hydroxylation sites is 1. The molecular weight excluding hydrogens is 245 g/mol. The normalized spacial score (nSPS) is 10.5. The first-order valence-electron chi connectivity index (χ1n) is 4.67. The molecule has 1 aromatic heterocycles. The van der Waals surface area contributed by atoms with Crippen LogP contribution in [0.5, 0.6) is 0 Å². The van der Waals surface area contributed by atoms with Gasteiger partial charge in [0, 0.05) is 13.2 Å². The number of halogens is 1. The fourth-order valence-electron chi connectivity index (χ4n) is 1.33. The van der Waals surface area contributed by atoms with Gasteiger partial charge in [0.15, 0.2) is 0 Å². The number of nitrogens with zero attached hydrogens (tertiary/aromatic N) is 3. The van der Waals surface area contributed by atoms with Crippen LogP contribution < -0.4 is 0 Å². The average Bonchev–Trinajstić information content (AvgIpc) is 2.63. The second-order valence-electron chi connectivity index (χ2n) is 3.30. The highest BCUT2D eigenvalue weighted by atomic mass is 32.2. The van der Waals surface area contributed by atoms with Gasteiger partial charge in [0.25, 0.3) is 0 Å². The Morgan fingerprint density at radius 1 is 1.53 bits per heavy atom. The number of nitro groups is 1. The van der Waals surface area contributed by atoms with Crippen LogP contribution in [0.2, 0.25) is 0 Å². The lowest BCUT2D eigenvalue weighted by atomic mass is 10.3. The molecular formula is C10H8FN3O2S. The van der Waals surface area contributed by atoms with E-state index >= 15 is 0 Å². The van der Waals surface area contributed by atoms with Crippen molar-refractivity contribution in [3.63, 3.8) is 0 Å². The molecule has 0 bridgehead atoms. The standard InChI is InChI=1S/C10H8FN3O2S/c1-13-6-7(5-12-13)17-9-4-2-3-8(11)10(9)14(15)16/h2-6H,1H3.